The topological polar surface area (TPSA) is 138 Å². The summed E-state index contributed by atoms with van der Waals surface area (Å²) in [6, 6.07) is 0. The van der Waals surface area contributed by atoms with Gasteiger partial charge in [-0.2, -0.15) is 14.3 Å². The standard InChI is InChI=1S/C10H13N5O5P.Na.H/c11-9-8-10(13-3-12-9)15(4-14-8)7-1-5-6(19-7)2-18-21(16,17)20-5;;/h3-7,16-17H,1-2H2,(H2,11,12,13);;/q2*+1;-1/t5-,6+,7+;;/m0../s1. The molecule has 0 saturated carbocycles. The molecule has 3 atom stereocenters. The van der Waals surface area contributed by atoms with E-state index in [1.54, 1.807) is 10.9 Å². The van der Waals surface area contributed by atoms with E-state index in [2.05, 4.69) is 15.0 Å². The van der Waals surface area contributed by atoms with Crippen LogP contribution in [0.5, 0.6) is 0 Å². The van der Waals surface area contributed by atoms with Crippen LogP contribution >= 0.6 is 8.17 Å². The number of imidazole rings is 1. The van der Waals surface area contributed by atoms with Crippen molar-refractivity contribution < 1.29 is 54.6 Å². The van der Waals surface area contributed by atoms with Crippen molar-refractivity contribution in [2.24, 2.45) is 0 Å². The Morgan fingerprint density at radius 3 is 2.95 bits per heavy atom. The first-order chi connectivity index (χ1) is 10.0. The summed E-state index contributed by atoms with van der Waals surface area (Å²) >= 11 is 0. The molecule has 0 unspecified atom stereocenters. The van der Waals surface area contributed by atoms with Crippen LogP contribution in [0.2, 0.25) is 0 Å². The van der Waals surface area contributed by atoms with Gasteiger partial charge in [0.25, 0.3) is 0 Å². The zero-order chi connectivity index (χ0) is 14.6. The molecule has 0 amide bonds. The molecule has 2 saturated heterocycles. The molecule has 4 heterocycles. The van der Waals surface area contributed by atoms with Crippen molar-refractivity contribution >= 4 is 25.2 Å². The predicted octanol–water partition coefficient (Wildman–Crippen LogP) is -3.11. The summed E-state index contributed by atoms with van der Waals surface area (Å²) in [5.74, 6) is 0.296. The van der Waals surface area contributed by atoms with Crippen molar-refractivity contribution in [3.63, 3.8) is 0 Å². The first-order valence-corrected chi connectivity index (χ1v) is 7.82. The molecule has 12 heteroatoms. The molecular weight excluding hydrogens is 324 g/mol. The zero-order valence-corrected chi connectivity index (χ0v) is 14.6. The summed E-state index contributed by atoms with van der Waals surface area (Å²) in [6.07, 6.45) is 2.17. The molecule has 0 aliphatic carbocycles. The average molecular weight is 338 g/mol. The fraction of sp³-hybridized carbons (Fsp3) is 0.500. The summed E-state index contributed by atoms with van der Waals surface area (Å²) in [6.45, 7) is 0.0751. The summed E-state index contributed by atoms with van der Waals surface area (Å²) in [4.78, 5) is 31.1. The van der Waals surface area contributed by atoms with Gasteiger partial charge in [0.15, 0.2) is 11.5 Å². The van der Waals surface area contributed by atoms with Crippen LogP contribution in [0.1, 0.15) is 14.1 Å². The fourth-order valence-electron chi connectivity index (χ4n) is 2.59. The Bertz CT molecular complexity index is 705. The van der Waals surface area contributed by atoms with Gasteiger partial charge >= 0.3 is 37.7 Å². The van der Waals surface area contributed by atoms with Crippen LogP contribution in [0.4, 0.5) is 5.82 Å². The average Bonchev–Trinajstić information content (AvgIpc) is 3.01. The number of nitrogens with two attached hydrogens (primary N) is 1. The van der Waals surface area contributed by atoms with Crippen molar-refractivity contribution in [3.05, 3.63) is 12.7 Å². The van der Waals surface area contributed by atoms with Crippen molar-refractivity contribution in [2.45, 2.75) is 24.9 Å². The Balaban J connectivity index is 0.000000960. The van der Waals surface area contributed by atoms with E-state index in [0.717, 1.165) is 0 Å². The van der Waals surface area contributed by atoms with Gasteiger partial charge in [-0.3, -0.25) is 4.57 Å². The molecular formula is C10H14N5NaO5P+. The molecule has 114 valence electrons. The quantitative estimate of drug-likeness (QED) is 0.364. The van der Waals surface area contributed by atoms with Gasteiger partial charge in [-0.15, -0.1) is 4.52 Å². The number of fused-ring (bicyclic) bond motifs is 2. The van der Waals surface area contributed by atoms with Crippen LogP contribution in [0.15, 0.2) is 12.7 Å². The molecule has 4 rings (SSSR count). The van der Waals surface area contributed by atoms with Crippen molar-refractivity contribution in [3.8, 4) is 0 Å². The summed E-state index contributed by atoms with van der Waals surface area (Å²) in [7, 11) is -3.72. The largest absolute Gasteiger partial charge is 1.00 e. The van der Waals surface area contributed by atoms with E-state index in [0.29, 0.717) is 23.4 Å². The second-order valence-electron chi connectivity index (χ2n) is 4.88. The number of nitrogens with zero attached hydrogens (tertiary/aromatic N) is 4. The number of hydrogen-bond donors (Lipinski definition) is 3. The van der Waals surface area contributed by atoms with Gasteiger partial charge in [0, 0.05) is 6.42 Å². The van der Waals surface area contributed by atoms with Gasteiger partial charge in [0.05, 0.1) is 6.33 Å². The van der Waals surface area contributed by atoms with Crippen LogP contribution in [-0.4, -0.2) is 48.1 Å². The molecule has 2 aromatic heterocycles. The van der Waals surface area contributed by atoms with E-state index in [-0.39, 0.29) is 49.9 Å². The van der Waals surface area contributed by atoms with Crippen molar-refractivity contribution in [1.82, 2.24) is 19.5 Å². The minimum absolute atomic E-state index is 0. The van der Waals surface area contributed by atoms with Gasteiger partial charge in [-0.05, 0) is 0 Å². The number of ether oxygens (including phenoxy) is 1. The van der Waals surface area contributed by atoms with Gasteiger partial charge < -0.3 is 11.9 Å². The first kappa shape index (κ1) is 16.4. The molecule has 10 nitrogen and oxygen atoms in total. The molecule has 4 N–H and O–H groups in total. The molecule has 0 bridgehead atoms. The van der Waals surface area contributed by atoms with Crippen LogP contribution in [0, 0.1) is 0 Å². The number of nitrogen functional groups attached to an aromatic ring is 1. The SMILES string of the molecule is Nc1ncnc2c1ncn2[C@H]1C[C@@H]2O[P+](O)(O)OC[C@H]2O1.[H-].[Na+]. The zero-order valence-electron chi connectivity index (χ0n) is 12.7. The summed E-state index contributed by atoms with van der Waals surface area (Å²) in [5.41, 5.74) is 6.80. The van der Waals surface area contributed by atoms with Crippen LogP contribution in [0.3, 0.4) is 0 Å². The molecule has 0 aromatic carbocycles. The van der Waals surface area contributed by atoms with E-state index < -0.39 is 14.3 Å². The molecule has 2 aromatic rings. The van der Waals surface area contributed by atoms with E-state index in [4.69, 9.17) is 19.5 Å². The number of anilines is 1. The summed E-state index contributed by atoms with van der Waals surface area (Å²) in [5, 5.41) is 0. The van der Waals surface area contributed by atoms with Crippen LogP contribution in [0.25, 0.3) is 11.2 Å². The maximum atomic E-state index is 9.46. The number of rotatable bonds is 1. The second kappa shape index (κ2) is 5.90. The Morgan fingerprint density at radius 2 is 2.14 bits per heavy atom. The van der Waals surface area contributed by atoms with Gasteiger partial charge in [0.2, 0.25) is 0 Å². The van der Waals surface area contributed by atoms with Gasteiger partial charge in [-0.1, -0.05) is 0 Å². The molecule has 2 fully saturated rings. The molecule has 2 aliphatic rings. The van der Waals surface area contributed by atoms with Crippen LogP contribution in [-0.2, 0) is 13.8 Å². The van der Waals surface area contributed by atoms with E-state index >= 15 is 0 Å². The molecule has 2 aliphatic heterocycles. The third-order valence-electron chi connectivity index (χ3n) is 3.56. The predicted molar refractivity (Wildman–Crippen MR) is 71.6 cm³/mol. The van der Waals surface area contributed by atoms with Crippen molar-refractivity contribution in [2.75, 3.05) is 12.3 Å². The Kier molecular flexibility index (Phi) is 4.41. The third kappa shape index (κ3) is 2.75. The third-order valence-corrected chi connectivity index (χ3v) is 4.59. The Hall–Kier alpha value is -0.420. The molecule has 0 radical (unpaired) electrons. The summed E-state index contributed by atoms with van der Waals surface area (Å²) < 4.78 is 17.5. The van der Waals surface area contributed by atoms with E-state index in [9.17, 15) is 9.79 Å². The van der Waals surface area contributed by atoms with E-state index in [1.807, 2.05) is 0 Å². The number of hydrogen-bond acceptors (Lipinski definition) is 9. The van der Waals surface area contributed by atoms with Gasteiger partial charge in [-0.25, -0.2) is 15.0 Å². The smallest absolute Gasteiger partial charge is 1.00 e. The second-order valence-corrected chi connectivity index (χ2v) is 6.33. The fourth-order valence-corrected chi connectivity index (χ4v) is 3.57. The van der Waals surface area contributed by atoms with Gasteiger partial charge in [0.1, 0.15) is 36.9 Å². The van der Waals surface area contributed by atoms with Crippen molar-refractivity contribution in [1.29, 1.82) is 0 Å². The molecule has 0 spiro atoms. The maximum Gasteiger partial charge on any atom is 1.00 e. The maximum absolute atomic E-state index is 9.46. The van der Waals surface area contributed by atoms with E-state index in [1.165, 1.54) is 6.33 Å². The normalized spacial score (nSPS) is 30.0. The molecule has 22 heavy (non-hydrogen) atoms. The minimum atomic E-state index is -3.72. The Morgan fingerprint density at radius 1 is 1.32 bits per heavy atom. The van der Waals surface area contributed by atoms with Crippen LogP contribution < -0.4 is 35.3 Å². The Labute approximate surface area is 149 Å². The minimum Gasteiger partial charge on any atom is -1.00 e. The number of aromatic nitrogens is 4. The first-order valence-electron chi connectivity index (χ1n) is 6.29. The monoisotopic (exact) mass is 338 g/mol.